The van der Waals surface area contributed by atoms with Gasteiger partial charge in [-0.05, 0) is 25.0 Å². The number of nitrogens with two attached hydrogens (primary N) is 1. The third-order valence-corrected chi connectivity index (χ3v) is 3.69. The van der Waals surface area contributed by atoms with Crippen molar-refractivity contribution in [2.45, 2.75) is 18.9 Å². The van der Waals surface area contributed by atoms with Crippen molar-refractivity contribution >= 4 is 34.9 Å². The van der Waals surface area contributed by atoms with Crippen molar-refractivity contribution in [3.05, 3.63) is 22.7 Å². The minimum absolute atomic E-state index is 0.0193. The number of carbonyl (C=O) groups is 2. The average molecular weight is 298 g/mol. The summed E-state index contributed by atoms with van der Waals surface area (Å²) in [7, 11) is 1.56. The molecule has 1 amide bonds. The molecule has 0 aliphatic carbocycles. The van der Waals surface area contributed by atoms with E-state index in [1.807, 2.05) is 0 Å². The van der Waals surface area contributed by atoms with Crippen molar-refractivity contribution in [1.82, 2.24) is 5.32 Å². The molecule has 6 nitrogen and oxygen atoms in total. The maximum absolute atomic E-state index is 11.9. The highest BCUT2D eigenvalue weighted by atomic mass is 35.5. The normalized spacial score (nSPS) is 18.1. The first kappa shape index (κ1) is 14.5. The standard InChI is InChI=1S/C13H16ClN3O3/c1-16-12(18)10-3-2-4-17(10)11-8(13(19)20)5-7(15)6-9(11)14/h5-6,10H,2-4,15H2,1H3,(H,16,18)(H,19,20). The lowest BCUT2D eigenvalue weighted by molar-refractivity contribution is -0.121. The summed E-state index contributed by atoms with van der Waals surface area (Å²) in [6.45, 7) is 0.585. The van der Waals surface area contributed by atoms with Gasteiger partial charge in [-0.1, -0.05) is 11.6 Å². The van der Waals surface area contributed by atoms with Crippen LogP contribution in [0.1, 0.15) is 23.2 Å². The summed E-state index contributed by atoms with van der Waals surface area (Å²) in [4.78, 5) is 25.0. The number of benzene rings is 1. The van der Waals surface area contributed by atoms with Gasteiger partial charge in [0.15, 0.2) is 0 Å². The van der Waals surface area contributed by atoms with E-state index in [-0.39, 0.29) is 22.2 Å². The van der Waals surface area contributed by atoms with Gasteiger partial charge in [-0.25, -0.2) is 4.79 Å². The van der Waals surface area contributed by atoms with Gasteiger partial charge in [0.25, 0.3) is 0 Å². The van der Waals surface area contributed by atoms with E-state index in [0.717, 1.165) is 6.42 Å². The maximum atomic E-state index is 11.9. The van der Waals surface area contributed by atoms with E-state index < -0.39 is 12.0 Å². The van der Waals surface area contributed by atoms with Crippen LogP contribution in [0.15, 0.2) is 12.1 Å². The van der Waals surface area contributed by atoms with Crippen LogP contribution < -0.4 is 16.0 Å². The number of nitrogens with zero attached hydrogens (tertiary/aromatic N) is 1. The summed E-state index contributed by atoms with van der Waals surface area (Å²) in [5.74, 6) is -1.26. The number of aromatic carboxylic acids is 1. The second-order valence-electron chi connectivity index (χ2n) is 4.67. The summed E-state index contributed by atoms with van der Waals surface area (Å²) in [5, 5.41) is 12.2. The van der Waals surface area contributed by atoms with Crippen molar-refractivity contribution < 1.29 is 14.7 Å². The molecule has 0 aromatic heterocycles. The summed E-state index contributed by atoms with van der Waals surface area (Å²) in [5.41, 5.74) is 6.30. The lowest BCUT2D eigenvalue weighted by atomic mass is 10.1. The second-order valence-corrected chi connectivity index (χ2v) is 5.08. The van der Waals surface area contributed by atoms with Crippen molar-refractivity contribution in [2.75, 3.05) is 24.2 Å². The first-order chi connectivity index (χ1) is 9.45. The van der Waals surface area contributed by atoms with Crippen LogP contribution in [0, 0.1) is 0 Å². The Bertz CT molecular complexity index is 562. The van der Waals surface area contributed by atoms with Crippen LogP contribution in [0.25, 0.3) is 0 Å². The highest BCUT2D eigenvalue weighted by Gasteiger charge is 2.33. The average Bonchev–Trinajstić information content (AvgIpc) is 2.85. The summed E-state index contributed by atoms with van der Waals surface area (Å²) in [6, 6.07) is 2.46. The Kier molecular flexibility index (Phi) is 4.04. The molecule has 0 spiro atoms. The zero-order valence-electron chi connectivity index (χ0n) is 11.0. The molecule has 1 atom stereocenters. The van der Waals surface area contributed by atoms with Crippen LogP contribution in [-0.2, 0) is 4.79 Å². The minimum Gasteiger partial charge on any atom is -0.478 e. The fourth-order valence-corrected chi connectivity index (χ4v) is 2.88. The van der Waals surface area contributed by atoms with E-state index in [4.69, 9.17) is 17.3 Å². The number of carboxylic acid groups (broad SMARTS) is 1. The maximum Gasteiger partial charge on any atom is 0.337 e. The van der Waals surface area contributed by atoms with E-state index in [2.05, 4.69) is 5.32 Å². The third kappa shape index (κ3) is 2.51. The van der Waals surface area contributed by atoms with E-state index in [0.29, 0.717) is 18.7 Å². The van der Waals surface area contributed by atoms with Crippen molar-refractivity contribution in [3.63, 3.8) is 0 Å². The Labute approximate surface area is 121 Å². The largest absolute Gasteiger partial charge is 0.478 e. The van der Waals surface area contributed by atoms with Gasteiger partial charge in [-0.15, -0.1) is 0 Å². The van der Waals surface area contributed by atoms with E-state index >= 15 is 0 Å². The lowest BCUT2D eigenvalue weighted by Crippen LogP contribution is -2.42. The minimum atomic E-state index is -1.11. The Morgan fingerprint density at radius 2 is 2.20 bits per heavy atom. The number of halogens is 1. The molecule has 108 valence electrons. The Morgan fingerprint density at radius 1 is 1.50 bits per heavy atom. The van der Waals surface area contributed by atoms with Crippen LogP contribution in [-0.4, -0.2) is 36.6 Å². The van der Waals surface area contributed by atoms with Crippen LogP contribution in [0.3, 0.4) is 0 Å². The van der Waals surface area contributed by atoms with Crippen LogP contribution >= 0.6 is 11.6 Å². The summed E-state index contributed by atoms with van der Waals surface area (Å²) < 4.78 is 0. The number of nitrogens with one attached hydrogen (secondary N) is 1. The molecule has 7 heteroatoms. The molecule has 1 aliphatic heterocycles. The van der Waals surface area contributed by atoms with Gasteiger partial charge < -0.3 is 21.1 Å². The first-order valence-electron chi connectivity index (χ1n) is 6.26. The zero-order valence-corrected chi connectivity index (χ0v) is 11.8. The molecule has 2 rings (SSSR count). The topological polar surface area (TPSA) is 95.7 Å². The van der Waals surface area contributed by atoms with Crippen molar-refractivity contribution in [1.29, 1.82) is 0 Å². The number of hydrogen-bond acceptors (Lipinski definition) is 4. The van der Waals surface area contributed by atoms with Crippen molar-refractivity contribution in [3.8, 4) is 0 Å². The molecular formula is C13H16ClN3O3. The molecule has 20 heavy (non-hydrogen) atoms. The summed E-state index contributed by atoms with van der Waals surface area (Å²) in [6.07, 6.45) is 1.47. The SMILES string of the molecule is CNC(=O)C1CCCN1c1c(Cl)cc(N)cc1C(=O)O. The molecule has 1 saturated heterocycles. The first-order valence-corrected chi connectivity index (χ1v) is 6.64. The van der Waals surface area contributed by atoms with Crippen LogP contribution in [0.2, 0.25) is 5.02 Å². The molecule has 1 unspecified atom stereocenters. The smallest absolute Gasteiger partial charge is 0.337 e. The van der Waals surface area contributed by atoms with Crippen LogP contribution in [0.5, 0.6) is 0 Å². The van der Waals surface area contributed by atoms with Gasteiger partial charge in [0.2, 0.25) is 5.91 Å². The van der Waals surface area contributed by atoms with E-state index in [9.17, 15) is 14.7 Å². The molecular weight excluding hydrogens is 282 g/mol. The Balaban J connectivity index is 2.51. The quantitative estimate of drug-likeness (QED) is 0.732. The third-order valence-electron chi connectivity index (χ3n) is 3.41. The molecule has 1 aromatic rings. The lowest BCUT2D eigenvalue weighted by Gasteiger charge is -2.28. The number of carboxylic acids is 1. The molecule has 0 bridgehead atoms. The number of nitrogen functional groups attached to an aromatic ring is 1. The van der Waals surface area contributed by atoms with Gasteiger partial charge in [-0.3, -0.25) is 4.79 Å². The van der Waals surface area contributed by atoms with Gasteiger partial charge in [-0.2, -0.15) is 0 Å². The molecule has 4 N–H and O–H groups in total. The number of amides is 1. The predicted octanol–water partition coefficient (Wildman–Crippen LogP) is 1.34. The van der Waals surface area contributed by atoms with Crippen LogP contribution in [0.4, 0.5) is 11.4 Å². The highest BCUT2D eigenvalue weighted by Crippen LogP contribution is 2.36. The number of anilines is 2. The number of carbonyl (C=O) groups excluding carboxylic acids is 1. The zero-order chi connectivity index (χ0) is 14.9. The molecule has 1 aromatic carbocycles. The van der Waals surface area contributed by atoms with Gasteiger partial charge in [0, 0.05) is 19.3 Å². The molecule has 0 saturated carbocycles. The monoisotopic (exact) mass is 297 g/mol. The number of rotatable bonds is 3. The Hall–Kier alpha value is -1.95. The fourth-order valence-electron chi connectivity index (χ4n) is 2.55. The fraction of sp³-hybridized carbons (Fsp3) is 0.385. The van der Waals surface area contributed by atoms with Crippen molar-refractivity contribution in [2.24, 2.45) is 0 Å². The molecule has 1 aliphatic rings. The number of likely N-dealkylation sites (N-methyl/N-ethyl adjacent to an activating group) is 1. The summed E-state index contributed by atoms with van der Waals surface area (Å²) >= 11 is 6.16. The molecule has 1 fully saturated rings. The molecule has 0 radical (unpaired) electrons. The van der Waals surface area contributed by atoms with Gasteiger partial charge in [0.05, 0.1) is 16.3 Å². The van der Waals surface area contributed by atoms with E-state index in [1.54, 1.807) is 11.9 Å². The van der Waals surface area contributed by atoms with Gasteiger partial charge in [0.1, 0.15) is 6.04 Å². The predicted molar refractivity (Wildman–Crippen MR) is 77.3 cm³/mol. The highest BCUT2D eigenvalue weighted by molar-refractivity contribution is 6.34. The second kappa shape index (κ2) is 5.58. The van der Waals surface area contributed by atoms with E-state index in [1.165, 1.54) is 12.1 Å². The van der Waals surface area contributed by atoms with Gasteiger partial charge >= 0.3 is 5.97 Å². The number of hydrogen-bond donors (Lipinski definition) is 3. The molecule has 1 heterocycles. The Morgan fingerprint density at radius 3 is 2.80 bits per heavy atom.